The Morgan fingerprint density at radius 2 is 1.76 bits per heavy atom. The number of hydrogen-bond acceptors (Lipinski definition) is 1. The standard InChI is InChI=1S/C16H25N/c1-12-8-10-15(11-9-12)17-14(3)16-7-5-4-6-13(16)2/h4-7,12,14-15,17H,8-11H2,1-3H3. The molecule has 0 aliphatic heterocycles. The fraction of sp³-hybridized carbons (Fsp3) is 0.625. The minimum Gasteiger partial charge on any atom is -0.307 e. The van der Waals surface area contributed by atoms with Gasteiger partial charge in [0.2, 0.25) is 0 Å². The zero-order chi connectivity index (χ0) is 12.3. The quantitative estimate of drug-likeness (QED) is 0.821. The van der Waals surface area contributed by atoms with Crippen LogP contribution in [-0.2, 0) is 0 Å². The van der Waals surface area contributed by atoms with Crippen LogP contribution in [0.5, 0.6) is 0 Å². The molecule has 0 heterocycles. The van der Waals surface area contributed by atoms with Gasteiger partial charge in [-0.25, -0.2) is 0 Å². The third kappa shape index (κ3) is 3.32. The highest BCUT2D eigenvalue weighted by molar-refractivity contribution is 5.28. The van der Waals surface area contributed by atoms with Crippen molar-refractivity contribution in [1.82, 2.24) is 5.32 Å². The van der Waals surface area contributed by atoms with Crippen molar-refractivity contribution in [2.24, 2.45) is 5.92 Å². The molecule has 0 saturated heterocycles. The Morgan fingerprint density at radius 3 is 2.41 bits per heavy atom. The summed E-state index contributed by atoms with van der Waals surface area (Å²) >= 11 is 0. The molecular weight excluding hydrogens is 206 g/mol. The lowest BCUT2D eigenvalue weighted by atomic mass is 9.86. The molecule has 1 nitrogen and oxygen atoms in total. The molecule has 94 valence electrons. The second-order valence-electron chi connectivity index (χ2n) is 5.70. The van der Waals surface area contributed by atoms with Gasteiger partial charge in [-0.15, -0.1) is 0 Å². The first-order valence-electron chi connectivity index (χ1n) is 6.98. The van der Waals surface area contributed by atoms with Crippen LogP contribution in [0.4, 0.5) is 0 Å². The molecule has 1 heteroatoms. The number of rotatable bonds is 3. The Hall–Kier alpha value is -0.820. The molecule has 1 saturated carbocycles. The van der Waals surface area contributed by atoms with Crippen molar-refractivity contribution >= 4 is 0 Å². The first kappa shape index (κ1) is 12.6. The first-order chi connectivity index (χ1) is 8.16. The SMILES string of the molecule is Cc1ccccc1C(C)NC1CCC(C)CC1. The Labute approximate surface area is 106 Å². The van der Waals surface area contributed by atoms with Crippen LogP contribution < -0.4 is 5.32 Å². The molecule has 0 radical (unpaired) electrons. The van der Waals surface area contributed by atoms with E-state index in [0.29, 0.717) is 6.04 Å². The largest absolute Gasteiger partial charge is 0.307 e. The molecule has 17 heavy (non-hydrogen) atoms. The third-order valence-electron chi connectivity index (χ3n) is 4.16. The summed E-state index contributed by atoms with van der Waals surface area (Å²) in [5.41, 5.74) is 2.85. The van der Waals surface area contributed by atoms with E-state index in [0.717, 1.165) is 12.0 Å². The van der Waals surface area contributed by atoms with Crippen LogP contribution in [0.2, 0.25) is 0 Å². The molecule has 1 aromatic carbocycles. The normalized spacial score (nSPS) is 26.8. The van der Waals surface area contributed by atoms with Crippen molar-refractivity contribution < 1.29 is 0 Å². The minimum absolute atomic E-state index is 0.481. The molecule has 0 amide bonds. The van der Waals surface area contributed by atoms with Gasteiger partial charge in [-0.2, -0.15) is 0 Å². The predicted molar refractivity (Wildman–Crippen MR) is 74.1 cm³/mol. The van der Waals surface area contributed by atoms with E-state index in [4.69, 9.17) is 0 Å². The first-order valence-corrected chi connectivity index (χ1v) is 6.98. The highest BCUT2D eigenvalue weighted by Gasteiger charge is 2.20. The summed E-state index contributed by atoms with van der Waals surface area (Å²) in [5, 5.41) is 3.80. The second-order valence-corrected chi connectivity index (χ2v) is 5.70. The summed E-state index contributed by atoms with van der Waals surface area (Å²) in [6, 6.07) is 9.92. The molecular formula is C16H25N. The van der Waals surface area contributed by atoms with E-state index in [1.165, 1.54) is 36.8 Å². The van der Waals surface area contributed by atoms with Crippen molar-refractivity contribution in [3.05, 3.63) is 35.4 Å². The second kappa shape index (κ2) is 5.68. The number of benzene rings is 1. The van der Waals surface area contributed by atoms with E-state index in [2.05, 4.69) is 50.4 Å². The zero-order valence-electron chi connectivity index (χ0n) is 11.4. The smallest absolute Gasteiger partial charge is 0.0296 e. The molecule has 0 aromatic heterocycles. The van der Waals surface area contributed by atoms with Crippen molar-refractivity contribution in [1.29, 1.82) is 0 Å². The van der Waals surface area contributed by atoms with Gasteiger partial charge in [0.1, 0.15) is 0 Å². The van der Waals surface area contributed by atoms with Gasteiger partial charge >= 0.3 is 0 Å². The third-order valence-corrected chi connectivity index (χ3v) is 4.16. The Balaban J connectivity index is 1.93. The molecule has 1 fully saturated rings. The van der Waals surface area contributed by atoms with Crippen LogP contribution in [-0.4, -0.2) is 6.04 Å². The van der Waals surface area contributed by atoms with E-state index in [1.54, 1.807) is 0 Å². The van der Waals surface area contributed by atoms with Crippen LogP contribution in [0.1, 0.15) is 56.7 Å². The van der Waals surface area contributed by atoms with Gasteiger partial charge in [-0.1, -0.05) is 31.2 Å². The topological polar surface area (TPSA) is 12.0 Å². The van der Waals surface area contributed by atoms with E-state index >= 15 is 0 Å². The van der Waals surface area contributed by atoms with E-state index < -0.39 is 0 Å². The molecule has 1 aromatic rings. The molecule has 1 aliphatic rings. The maximum absolute atomic E-state index is 3.80. The van der Waals surface area contributed by atoms with Gasteiger partial charge < -0.3 is 5.32 Å². The average molecular weight is 231 g/mol. The Kier molecular flexibility index (Phi) is 4.22. The van der Waals surface area contributed by atoms with Gasteiger partial charge in [0.25, 0.3) is 0 Å². The summed E-state index contributed by atoms with van der Waals surface area (Å²) in [6.45, 7) is 6.87. The highest BCUT2D eigenvalue weighted by Crippen LogP contribution is 2.26. The molecule has 0 bridgehead atoms. The van der Waals surface area contributed by atoms with Gasteiger partial charge in [-0.3, -0.25) is 0 Å². The molecule has 1 unspecified atom stereocenters. The monoisotopic (exact) mass is 231 g/mol. The van der Waals surface area contributed by atoms with Crippen LogP contribution in [0.3, 0.4) is 0 Å². The van der Waals surface area contributed by atoms with Crippen LogP contribution in [0.15, 0.2) is 24.3 Å². The molecule has 1 aliphatic carbocycles. The van der Waals surface area contributed by atoms with E-state index in [9.17, 15) is 0 Å². The lowest BCUT2D eigenvalue weighted by Gasteiger charge is -2.30. The predicted octanol–water partition coefficient (Wildman–Crippen LogP) is 4.22. The fourth-order valence-corrected chi connectivity index (χ4v) is 2.94. The van der Waals surface area contributed by atoms with Crippen LogP contribution in [0, 0.1) is 12.8 Å². The molecule has 0 spiro atoms. The molecule has 1 atom stereocenters. The van der Waals surface area contributed by atoms with Gasteiger partial charge in [0.05, 0.1) is 0 Å². The van der Waals surface area contributed by atoms with Crippen molar-refractivity contribution in [3.63, 3.8) is 0 Å². The maximum Gasteiger partial charge on any atom is 0.0296 e. The lowest BCUT2D eigenvalue weighted by molar-refractivity contribution is 0.291. The van der Waals surface area contributed by atoms with Crippen molar-refractivity contribution in [3.8, 4) is 0 Å². The highest BCUT2D eigenvalue weighted by atomic mass is 14.9. The molecule has 2 rings (SSSR count). The lowest BCUT2D eigenvalue weighted by Crippen LogP contribution is -2.34. The average Bonchev–Trinajstić information content (AvgIpc) is 2.32. The Morgan fingerprint density at radius 1 is 1.12 bits per heavy atom. The van der Waals surface area contributed by atoms with E-state index in [-0.39, 0.29) is 0 Å². The van der Waals surface area contributed by atoms with Crippen LogP contribution >= 0.6 is 0 Å². The number of aryl methyl sites for hydroxylation is 1. The summed E-state index contributed by atoms with van der Waals surface area (Å²) < 4.78 is 0. The summed E-state index contributed by atoms with van der Waals surface area (Å²) in [6.07, 6.45) is 5.46. The van der Waals surface area contributed by atoms with Gasteiger partial charge in [-0.05, 0) is 56.6 Å². The number of nitrogens with one attached hydrogen (secondary N) is 1. The zero-order valence-corrected chi connectivity index (χ0v) is 11.4. The van der Waals surface area contributed by atoms with Gasteiger partial charge in [0, 0.05) is 12.1 Å². The summed E-state index contributed by atoms with van der Waals surface area (Å²) in [7, 11) is 0. The fourth-order valence-electron chi connectivity index (χ4n) is 2.94. The van der Waals surface area contributed by atoms with Gasteiger partial charge in [0.15, 0.2) is 0 Å². The van der Waals surface area contributed by atoms with Crippen molar-refractivity contribution in [2.45, 2.75) is 58.5 Å². The Bertz CT molecular complexity index is 350. The summed E-state index contributed by atoms with van der Waals surface area (Å²) in [5.74, 6) is 0.932. The maximum atomic E-state index is 3.80. The van der Waals surface area contributed by atoms with Crippen molar-refractivity contribution in [2.75, 3.05) is 0 Å². The summed E-state index contributed by atoms with van der Waals surface area (Å²) in [4.78, 5) is 0. The van der Waals surface area contributed by atoms with E-state index in [1.807, 2.05) is 0 Å². The number of hydrogen-bond donors (Lipinski definition) is 1. The van der Waals surface area contributed by atoms with Crippen LogP contribution in [0.25, 0.3) is 0 Å². The molecule has 1 N–H and O–H groups in total. The minimum atomic E-state index is 0.481.